The topological polar surface area (TPSA) is 88.6 Å². The fraction of sp³-hybridized carbons (Fsp3) is 0.368. The van der Waals surface area contributed by atoms with Crippen molar-refractivity contribution in [2.24, 2.45) is 0 Å². The lowest BCUT2D eigenvalue weighted by molar-refractivity contribution is -0.124. The molecule has 1 spiro atoms. The molecule has 7 nitrogen and oxygen atoms in total. The number of hydrogen-bond acceptors (Lipinski definition) is 5. The summed E-state index contributed by atoms with van der Waals surface area (Å²) in [4.78, 5) is 16.8. The molecule has 1 aromatic carbocycles. The maximum Gasteiger partial charge on any atom is 0.253 e. The van der Waals surface area contributed by atoms with Gasteiger partial charge in [0.2, 0.25) is 10.0 Å². The van der Waals surface area contributed by atoms with Gasteiger partial charge in [0.1, 0.15) is 6.10 Å². The SMILES string of the molecule is Cc1ccc(NC(=O)[C@@H]2C[C@]3(CO2)c2ccccc2CN3S(C)(=O)=O)cn1. The number of fused-ring (bicyclic) bond motifs is 2. The Bertz CT molecular complexity index is 990. The zero-order valence-electron chi connectivity index (χ0n) is 15.2. The Morgan fingerprint density at radius 3 is 2.78 bits per heavy atom. The highest BCUT2D eigenvalue weighted by molar-refractivity contribution is 7.88. The van der Waals surface area contributed by atoms with Crippen molar-refractivity contribution in [1.29, 1.82) is 0 Å². The number of anilines is 1. The number of pyridine rings is 1. The van der Waals surface area contributed by atoms with E-state index in [-0.39, 0.29) is 18.9 Å². The summed E-state index contributed by atoms with van der Waals surface area (Å²) in [5.41, 5.74) is 2.48. The quantitative estimate of drug-likeness (QED) is 0.867. The van der Waals surface area contributed by atoms with Crippen LogP contribution in [0.4, 0.5) is 5.69 Å². The van der Waals surface area contributed by atoms with Crippen LogP contribution in [0.15, 0.2) is 42.6 Å². The Balaban J connectivity index is 1.61. The van der Waals surface area contributed by atoms with Crippen molar-refractivity contribution in [3.8, 4) is 0 Å². The normalized spacial score (nSPS) is 24.9. The molecule has 2 aliphatic heterocycles. The first-order chi connectivity index (χ1) is 12.8. The second kappa shape index (κ2) is 6.40. The van der Waals surface area contributed by atoms with Crippen LogP contribution in [0.1, 0.15) is 23.2 Å². The fourth-order valence-electron chi connectivity index (χ4n) is 3.94. The lowest BCUT2D eigenvalue weighted by Gasteiger charge is -2.32. The summed E-state index contributed by atoms with van der Waals surface area (Å²) in [7, 11) is -3.46. The number of ether oxygens (including phenoxy) is 1. The molecule has 2 aliphatic rings. The molecule has 142 valence electrons. The highest BCUT2D eigenvalue weighted by Gasteiger charge is 2.55. The van der Waals surface area contributed by atoms with E-state index in [0.29, 0.717) is 12.2 Å². The Labute approximate surface area is 158 Å². The van der Waals surface area contributed by atoms with Crippen LogP contribution in [0.3, 0.4) is 0 Å². The van der Waals surface area contributed by atoms with Gasteiger partial charge in [-0.3, -0.25) is 9.78 Å². The van der Waals surface area contributed by atoms with Crippen molar-refractivity contribution in [1.82, 2.24) is 9.29 Å². The first-order valence-corrected chi connectivity index (χ1v) is 10.6. The number of amides is 1. The molecule has 0 unspecified atom stereocenters. The number of nitrogens with one attached hydrogen (secondary N) is 1. The Hall–Kier alpha value is -2.29. The number of aryl methyl sites for hydroxylation is 1. The number of benzene rings is 1. The minimum absolute atomic E-state index is 0.154. The van der Waals surface area contributed by atoms with Crippen molar-refractivity contribution in [2.75, 3.05) is 18.2 Å². The number of nitrogens with zero attached hydrogens (tertiary/aromatic N) is 2. The molecule has 0 bridgehead atoms. The van der Waals surface area contributed by atoms with Crippen molar-refractivity contribution in [2.45, 2.75) is 31.5 Å². The molecule has 8 heteroatoms. The van der Waals surface area contributed by atoms with E-state index in [1.165, 1.54) is 10.6 Å². The average molecular weight is 387 g/mol. The van der Waals surface area contributed by atoms with Crippen molar-refractivity contribution >= 4 is 21.6 Å². The van der Waals surface area contributed by atoms with Gasteiger partial charge in [0.05, 0.1) is 30.3 Å². The summed E-state index contributed by atoms with van der Waals surface area (Å²) in [6.07, 6.45) is 2.33. The molecule has 0 aliphatic carbocycles. The van der Waals surface area contributed by atoms with E-state index >= 15 is 0 Å². The Morgan fingerprint density at radius 1 is 1.30 bits per heavy atom. The van der Waals surface area contributed by atoms with Crippen LogP contribution in [-0.4, -0.2) is 42.6 Å². The Morgan fingerprint density at radius 2 is 2.07 bits per heavy atom. The zero-order valence-corrected chi connectivity index (χ0v) is 16.0. The lowest BCUT2D eigenvalue weighted by atomic mass is 9.88. The van der Waals surface area contributed by atoms with E-state index in [9.17, 15) is 13.2 Å². The molecular formula is C19H21N3O4S. The first-order valence-electron chi connectivity index (χ1n) is 8.71. The lowest BCUT2D eigenvalue weighted by Crippen LogP contribution is -2.45. The second-order valence-electron chi connectivity index (χ2n) is 7.14. The number of carbonyl (C=O) groups is 1. The maximum absolute atomic E-state index is 12.7. The smallest absolute Gasteiger partial charge is 0.253 e. The number of carbonyl (C=O) groups excluding carboxylic acids is 1. The van der Waals surface area contributed by atoms with Gasteiger partial charge in [-0.2, -0.15) is 4.31 Å². The predicted octanol–water partition coefficient (Wildman–Crippen LogP) is 1.79. The molecule has 1 fully saturated rings. The molecule has 0 radical (unpaired) electrons. The van der Waals surface area contributed by atoms with Crippen LogP contribution in [0.2, 0.25) is 0 Å². The van der Waals surface area contributed by atoms with Gasteiger partial charge in [-0.25, -0.2) is 8.42 Å². The molecule has 1 amide bonds. The third-order valence-corrected chi connectivity index (χ3v) is 6.51. The van der Waals surface area contributed by atoms with Crippen molar-refractivity contribution in [3.05, 3.63) is 59.4 Å². The molecular weight excluding hydrogens is 366 g/mol. The van der Waals surface area contributed by atoms with Crippen LogP contribution in [-0.2, 0) is 31.6 Å². The van der Waals surface area contributed by atoms with Gasteiger partial charge < -0.3 is 10.1 Å². The first kappa shape index (κ1) is 18.1. The summed E-state index contributed by atoms with van der Waals surface area (Å²) >= 11 is 0. The largest absolute Gasteiger partial charge is 0.366 e. The van der Waals surface area contributed by atoms with Crippen LogP contribution < -0.4 is 5.32 Å². The molecule has 3 heterocycles. The maximum atomic E-state index is 12.7. The summed E-state index contributed by atoms with van der Waals surface area (Å²) in [6.45, 7) is 2.32. The van der Waals surface area contributed by atoms with Gasteiger partial charge in [0.15, 0.2) is 0 Å². The average Bonchev–Trinajstić information content (AvgIpc) is 3.20. The van der Waals surface area contributed by atoms with Crippen molar-refractivity contribution < 1.29 is 17.9 Å². The summed E-state index contributed by atoms with van der Waals surface area (Å²) in [6, 6.07) is 11.2. The molecule has 4 rings (SSSR count). The van der Waals surface area contributed by atoms with E-state index in [0.717, 1.165) is 16.8 Å². The van der Waals surface area contributed by atoms with Gasteiger partial charge in [-0.15, -0.1) is 0 Å². The van der Waals surface area contributed by atoms with Gasteiger partial charge >= 0.3 is 0 Å². The standard InChI is InChI=1S/C19H21N3O4S/c1-13-7-8-15(10-20-13)21-18(23)17-9-19(12-26-17)16-6-4-3-5-14(16)11-22(19)27(2,24)25/h3-8,10,17H,9,11-12H2,1-2H3,(H,21,23)/t17-,19-/m0/s1. The van der Waals surface area contributed by atoms with E-state index < -0.39 is 21.7 Å². The minimum Gasteiger partial charge on any atom is -0.366 e. The van der Waals surface area contributed by atoms with Crippen molar-refractivity contribution in [3.63, 3.8) is 0 Å². The monoisotopic (exact) mass is 387 g/mol. The van der Waals surface area contributed by atoms with Crippen LogP contribution in [0.25, 0.3) is 0 Å². The molecule has 2 aromatic rings. The summed E-state index contributed by atoms with van der Waals surface area (Å²) < 4.78 is 32.1. The number of hydrogen-bond donors (Lipinski definition) is 1. The van der Waals surface area contributed by atoms with Gasteiger partial charge in [-0.05, 0) is 30.2 Å². The summed E-state index contributed by atoms with van der Waals surface area (Å²) in [5.74, 6) is -0.296. The van der Waals surface area contributed by atoms with Gasteiger partial charge in [-0.1, -0.05) is 24.3 Å². The molecule has 27 heavy (non-hydrogen) atoms. The van der Waals surface area contributed by atoms with Crippen LogP contribution in [0, 0.1) is 6.92 Å². The molecule has 1 saturated heterocycles. The van der Waals surface area contributed by atoms with Gasteiger partial charge in [0, 0.05) is 18.7 Å². The Kier molecular flexibility index (Phi) is 4.29. The summed E-state index contributed by atoms with van der Waals surface area (Å²) in [5, 5.41) is 2.80. The third kappa shape index (κ3) is 3.13. The second-order valence-corrected chi connectivity index (χ2v) is 9.05. The molecule has 0 saturated carbocycles. The van der Waals surface area contributed by atoms with Crippen LogP contribution >= 0.6 is 0 Å². The number of sulfonamides is 1. The highest BCUT2D eigenvalue weighted by Crippen LogP contribution is 2.48. The van der Waals surface area contributed by atoms with E-state index in [1.807, 2.05) is 37.3 Å². The van der Waals surface area contributed by atoms with E-state index in [2.05, 4.69) is 10.3 Å². The fourth-order valence-corrected chi connectivity index (χ4v) is 5.18. The molecule has 2 atom stereocenters. The molecule has 1 aromatic heterocycles. The number of rotatable bonds is 3. The minimum atomic E-state index is -3.46. The van der Waals surface area contributed by atoms with E-state index in [4.69, 9.17) is 4.74 Å². The number of aromatic nitrogens is 1. The highest BCUT2D eigenvalue weighted by atomic mass is 32.2. The third-order valence-electron chi connectivity index (χ3n) is 5.23. The molecule has 1 N–H and O–H groups in total. The van der Waals surface area contributed by atoms with E-state index in [1.54, 1.807) is 12.3 Å². The zero-order chi connectivity index (χ0) is 19.2. The van der Waals surface area contributed by atoms with Gasteiger partial charge in [0.25, 0.3) is 5.91 Å². The van der Waals surface area contributed by atoms with Crippen LogP contribution in [0.5, 0.6) is 0 Å². The predicted molar refractivity (Wildman–Crippen MR) is 100 cm³/mol.